The van der Waals surface area contributed by atoms with Crippen LogP contribution in [0.4, 0.5) is 0 Å². The molecular formula is C26H25NO3S. The van der Waals surface area contributed by atoms with Crippen molar-refractivity contribution in [3.05, 3.63) is 53.6 Å². The van der Waals surface area contributed by atoms with Crippen molar-refractivity contribution in [1.29, 1.82) is 0 Å². The highest BCUT2D eigenvalue weighted by atomic mass is 32.1. The fourth-order valence-corrected chi connectivity index (χ4v) is 7.16. The summed E-state index contributed by atoms with van der Waals surface area (Å²) < 4.78 is 7.16. The van der Waals surface area contributed by atoms with Gasteiger partial charge in [0.25, 0.3) is 5.19 Å². The molecule has 5 heteroatoms. The number of ketones is 2. The number of hydrogen-bond acceptors (Lipinski definition) is 5. The van der Waals surface area contributed by atoms with Gasteiger partial charge in [0, 0.05) is 11.8 Å². The largest absolute Gasteiger partial charge is 0.431 e. The predicted molar refractivity (Wildman–Crippen MR) is 121 cm³/mol. The summed E-state index contributed by atoms with van der Waals surface area (Å²) in [6, 6.07) is 13.8. The number of aromatic nitrogens is 1. The van der Waals surface area contributed by atoms with Crippen LogP contribution in [0, 0.1) is 23.7 Å². The van der Waals surface area contributed by atoms with Gasteiger partial charge in [-0.3, -0.25) is 9.59 Å². The lowest BCUT2D eigenvalue weighted by Gasteiger charge is -2.43. The first kappa shape index (κ1) is 19.2. The maximum atomic E-state index is 13.5. The molecule has 2 unspecified atom stereocenters. The van der Waals surface area contributed by atoms with Crippen molar-refractivity contribution < 1.29 is 14.3 Å². The van der Waals surface area contributed by atoms with Gasteiger partial charge >= 0.3 is 0 Å². The van der Waals surface area contributed by atoms with Crippen molar-refractivity contribution in [1.82, 2.24) is 4.98 Å². The molecule has 2 atom stereocenters. The molecule has 4 aliphatic rings. The minimum Gasteiger partial charge on any atom is -0.431 e. The van der Waals surface area contributed by atoms with Crippen LogP contribution >= 0.6 is 11.3 Å². The molecule has 4 nitrogen and oxygen atoms in total. The number of Topliss-reactive ketones (excluding diaryl/α,β-unsaturated/α-hetero) is 2. The molecular weight excluding hydrogens is 406 g/mol. The van der Waals surface area contributed by atoms with Gasteiger partial charge in [-0.25, -0.2) is 4.98 Å². The van der Waals surface area contributed by atoms with Gasteiger partial charge < -0.3 is 4.74 Å². The SMILES string of the molecule is CCc1ccc(Oc2nc3ccccc3s2)cc1C1C(=O)C2C3CCC(CC3)C2C1=O. The summed E-state index contributed by atoms with van der Waals surface area (Å²) in [6.45, 7) is 2.08. The van der Waals surface area contributed by atoms with E-state index < -0.39 is 5.92 Å². The first-order valence-electron chi connectivity index (χ1n) is 11.4. The third kappa shape index (κ3) is 2.97. The molecule has 0 spiro atoms. The van der Waals surface area contributed by atoms with Gasteiger partial charge in [0.1, 0.15) is 11.7 Å². The maximum absolute atomic E-state index is 13.5. The summed E-state index contributed by atoms with van der Waals surface area (Å²) in [7, 11) is 0. The second kappa shape index (κ2) is 7.27. The monoisotopic (exact) mass is 431 g/mol. The smallest absolute Gasteiger partial charge is 0.279 e. The van der Waals surface area contributed by atoms with Crippen LogP contribution in [-0.4, -0.2) is 16.6 Å². The summed E-state index contributed by atoms with van der Waals surface area (Å²) in [4.78, 5) is 31.6. The molecule has 0 N–H and O–H groups in total. The molecule has 4 aliphatic carbocycles. The molecule has 1 aromatic heterocycles. The van der Waals surface area contributed by atoms with E-state index in [4.69, 9.17) is 4.74 Å². The van der Waals surface area contributed by atoms with Crippen molar-refractivity contribution in [2.45, 2.75) is 44.9 Å². The van der Waals surface area contributed by atoms with E-state index >= 15 is 0 Å². The van der Waals surface area contributed by atoms with Gasteiger partial charge in [0.15, 0.2) is 11.6 Å². The van der Waals surface area contributed by atoms with E-state index in [9.17, 15) is 9.59 Å². The number of thiazole rings is 1. The van der Waals surface area contributed by atoms with Crippen LogP contribution in [0.2, 0.25) is 0 Å². The van der Waals surface area contributed by atoms with E-state index in [-0.39, 0.29) is 23.4 Å². The summed E-state index contributed by atoms with van der Waals surface area (Å²) in [5, 5.41) is 0.576. The van der Waals surface area contributed by atoms with E-state index in [1.165, 1.54) is 11.3 Å². The number of carbonyl (C=O) groups is 2. The molecule has 4 saturated carbocycles. The van der Waals surface area contributed by atoms with E-state index in [0.29, 0.717) is 22.8 Å². The Labute approximate surface area is 185 Å². The fourth-order valence-electron chi connectivity index (χ4n) is 6.32. The molecule has 31 heavy (non-hydrogen) atoms. The topological polar surface area (TPSA) is 56.3 Å². The van der Waals surface area contributed by atoms with Crippen molar-refractivity contribution >= 4 is 33.1 Å². The third-order valence-electron chi connectivity index (χ3n) is 7.73. The average molecular weight is 432 g/mol. The van der Waals surface area contributed by atoms with Crippen LogP contribution < -0.4 is 4.74 Å². The molecule has 0 saturated heterocycles. The van der Waals surface area contributed by atoms with Gasteiger partial charge in [0.2, 0.25) is 0 Å². The molecule has 4 fully saturated rings. The van der Waals surface area contributed by atoms with Gasteiger partial charge in [-0.05, 0) is 79.3 Å². The zero-order valence-corrected chi connectivity index (χ0v) is 18.4. The van der Waals surface area contributed by atoms with Crippen LogP contribution in [0.15, 0.2) is 42.5 Å². The maximum Gasteiger partial charge on any atom is 0.279 e. The first-order chi connectivity index (χ1) is 15.1. The van der Waals surface area contributed by atoms with Crippen LogP contribution in [0.5, 0.6) is 10.9 Å². The van der Waals surface area contributed by atoms with Crippen molar-refractivity contribution in [3.8, 4) is 10.9 Å². The lowest BCUT2D eigenvalue weighted by atomic mass is 9.59. The first-order valence-corrected chi connectivity index (χ1v) is 12.2. The number of aryl methyl sites for hydroxylation is 1. The van der Waals surface area contributed by atoms with E-state index in [2.05, 4.69) is 11.9 Å². The Morgan fingerprint density at radius 2 is 1.65 bits per heavy atom. The average Bonchev–Trinajstić information content (AvgIpc) is 3.33. The summed E-state index contributed by atoms with van der Waals surface area (Å²) in [6.07, 6.45) is 5.23. The summed E-state index contributed by atoms with van der Waals surface area (Å²) in [5.41, 5.74) is 2.83. The van der Waals surface area contributed by atoms with Crippen LogP contribution in [0.3, 0.4) is 0 Å². The second-order valence-electron chi connectivity index (χ2n) is 9.23. The number of nitrogens with zero attached hydrogens (tertiary/aromatic N) is 1. The number of para-hydroxylation sites is 1. The Hall–Kier alpha value is -2.53. The van der Waals surface area contributed by atoms with Gasteiger partial charge in [-0.1, -0.05) is 36.5 Å². The van der Waals surface area contributed by atoms with E-state index in [1.807, 2.05) is 42.5 Å². The van der Waals surface area contributed by atoms with Crippen molar-refractivity contribution in [2.75, 3.05) is 0 Å². The van der Waals surface area contributed by atoms with Gasteiger partial charge in [-0.2, -0.15) is 0 Å². The molecule has 1 heterocycles. The lowest BCUT2D eigenvalue weighted by Crippen LogP contribution is -2.41. The zero-order chi connectivity index (χ0) is 21.1. The molecule has 0 radical (unpaired) electrons. The molecule has 0 amide bonds. The van der Waals surface area contributed by atoms with Crippen LogP contribution in [0.1, 0.15) is 49.7 Å². The van der Waals surface area contributed by atoms with E-state index in [1.54, 1.807) is 0 Å². The van der Waals surface area contributed by atoms with E-state index in [0.717, 1.165) is 53.4 Å². The van der Waals surface area contributed by atoms with Crippen LogP contribution in [0.25, 0.3) is 10.2 Å². The second-order valence-corrected chi connectivity index (χ2v) is 10.2. The van der Waals surface area contributed by atoms with Gasteiger partial charge in [0.05, 0.1) is 10.2 Å². The predicted octanol–water partition coefficient (Wildman–Crippen LogP) is 5.94. The number of fused-ring (bicyclic) bond motifs is 3. The molecule has 3 aromatic rings. The highest BCUT2D eigenvalue weighted by Crippen LogP contribution is 2.56. The highest BCUT2D eigenvalue weighted by Gasteiger charge is 2.59. The van der Waals surface area contributed by atoms with Crippen molar-refractivity contribution in [2.24, 2.45) is 23.7 Å². The number of benzene rings is 2. The Balaban J connectivity index is 1.36. The summed E-state index contributed by atoms with van der Waals surface area (Å²) >= 11 is 1.50. The minimum atomic E-state index is -0.620. The number of hydrogen-bond donors (Lipinski definition) is 0. The number of ether oxygens (including phenoxy) is 1. The molecule has 2 aromatic carbocycles. The van der Waals surface area contributed by atoms with Crippen LogP contribution in [-0.2, 0) is 16.0 Å². The number of carbonyl (C=O) groups excluding carboxylic acids is 2. The molecule has 0 aliphatic heterocycles. The normalized spacial score (nSPS) is 29.5. The molecule has 7 rings (SSSR count). The quantitative estimate of drug-likeness (QED) is 0.480. The minimum absolute atomic E-state index is 0.0523. The highest BCUT2D eigenvalue weighted by molar-refractivity contribution is 7.20. The zero-order valence-electron chi connectivity index (χ0n) is 17.5. The lowest BCUT2D eigenvalue weighted by molar-refractivity contribution is -0.129. The summed E-state index contributed by atoms with van der Waals surface area (Å²) in [5.74, 6) is 1.06. The third-order valence-corrected chi connectivity index (χ3v) is 8.65. The Morgan fingerprint density at radius 3 is 2.29 bits per heavy atom. The molecule has 2 bridgehead atoms. The van der Waals surface area contributed by atoms with Crippen molar-refractivity contribution in [3.63, 3.8) is 0 Å². The standard InChI is InChI=1S/C26H25NO3S/c1-2-14-11-12-17(30-26-27-19-5-3-4-6-20(19)31-26)13-18(14)23-24(28)21-15-7-8-16(10-9-15)22(21)25(23)29/h3-6,11-13,15-16,21-23H,2,7-10H2,1H3. The number of rotatable bonds is 4. The Kier molecular flexibility index (Phi) is 4.49. The Bertz CT molecular complexity index is 1130. The molecule has 158 valence electrons. The fraction of sp³-hybridized carbons (Fsp3) is 0.423. The van der Waals surface area contributed by atoms with Gasteiger partial charge in [-0.15, -0.1) is 0 Å². The Morgan fingerprint density at radius 1 is 0.968 bits per heavy atom.